The van der Waals surface area contributed by atoms with E-state index < -0.39 is 12.0 Å². The Bertz CT molecular complexity index is 1040. The summed E-state index contributed by atoms with van der Waals surface area (Å²) in [4.78, 5) is 12.8. The van der Waals surface area contributed by atoms with Crippen molar-refractivity contribution in [1.29, 1.82) is 0 Å². The first-order valence-corrected chi connectivity index (χ1v) is 10.8. The summed E-state index contributed by atoms with van der Waals surface area (Å²) in [6.07, 6.45) is 17.4. The summed E-state index contributed by atoms with van der Waals surface area (Å²) in [6, 6.07) is 3.75. The van der Waals surface area contributed by atoms with Gasteiger partial charge in [-0.3, -0.25) is 15.0 Å². The molecule has 2 atom stereocenters. The van der Waals surface area contributed by atoms with Gasteiger partial charge < -0.3 is 5.11 Å². The highest BCUT2D eigenvalue weighted by Gasteiger charge is 2.30. The number of aliphatic imine (C=N–C) groups is 2. The fourth-order valence-corrected chi connectivity index (χ4v) is 3.55. The molecule has 2 rings (SSSR count). The minimum absolute atomic E-state index is 0.328. The van der Waals surface area contributed by atoms with Crippen LogP contribution in [0.3, 0.4) is 0 Å². The number of aliphatic hydroxyl groups excluding tert-OH is 1. The standard InChI is InChI=1S/C26H27Cl2N3O/c1-18(9-7-12-29-4)24(21-10-8-13-30-17-21)26(32)23-11-5-6-14-31-25(23)22(15-19(2)27)16-20(3)28/h6-17,24,26,32H,1-2,5H2,3-4H3/b9-7-,20-16+,22-15+,29-12?. The van der Waals surface area contributed by atoms with Gasteiger partial charge in [0.05, 0.1) is 11.8 Å². The van der Waals surface area contributed by atoms with E-state index in [2.05, 4.69) is 28.1 Å². The van der Waals surface area contributed by atoms with Crippen LogP contribution in [0.5, 0.6) is 0 Å². The number of allylic oxidation sites excluding steroid dienone is 9. The Morgan fingerprint density at radius 2 is 2.06 bits per heavy atom. The summed E-state index contributed by atoms with van der Waals surface area (Å²) in [5.74, 6) is -0.457. The highest BCUT2D eigenvalue weighted by atomic mass is 35.5. The van der Waals surface area contributed by atoms with Gasteiger partial charge in [0.1, 0.15) is 0 Å². The minimum Gasteiger partial charge on any atom is -0.387 e. The fraction of sp³-hybridized carbons (Fsp3) is 0.192. The number of nitrogens with zero attached hydrogens (tertiary/aromatic N) is 3. The molecule has 6 heteroatoms. The average Bonchev–Trinajstić information content (AvgIpc) is 3.00. The van der Waals surface area contributed by atoms with Crippen LogP contribution in [-0.4, -0.2) is 35.2 Å². The monoisotopic (exact) mass is 467 g/mol. The number of aromatic nitrogens is 1. The first-order chi connectivity index (χ1) is 15.3. The molecule has 1 N–H and O–H groups in total. The molecule has 4 nitrogen and oxygen atoms in total. The lowest BCUT2D eigenvalue weighted by molar-refractivity contribution is 0.198. The van der Waals surface area contributed by atoms with Gasteiger partial charge in [-0.2, -0.15) is 0 Å². The average molecular weight is 468 g/mol. The van der Waals surface area contributed by atoms with Gasteiger partial charge in [0.15, 0.2) is 0 Å². The van der Waals surface area contributed by atoms with E-state index in [9.17, 15) is 5.11 Å². The predicted molar refractivity (Wildman–Crippen MR) is 138 cm³/mol. The third-order valence-corrected chi connectivity index (χ3v) is 4.84. The number of aliphatic hydroxyl groups is 1. The minimum atomic E-state index is -0.954. The van der Waals surface area contributed by atoms with E-state index in [1.165, 1.54) is 0 Å². The van der Waals surface area contributed by atoms with Crippen molar-refractivity contribution >= 4 is 35.1 Å². The summed E-state index contributed by atoms with van der Waals surface area (Å²) < 4.78 is 0. The molecule has 1 aromatic heterocycles. The van der Waals surface area contributed by atoms with E-state index in [1.807, 2.05) is 30.4 Å². The quantitative estimate of drug-likeness (QED) is 0.335. The van der Waals surface area contributed by atoms with Crippen molar-refractivity contribution in [1.82, 2.24) is 4.98 Å². The van der Waals surface area contributed by atoms with Gasteiger partial charge in [-0.25, -0.2) is 0 Å². The third kappa shape index (κ3) is 7.41. The second-order valence-electron chi connectivity index (χ2n) is 7.09. The van der Waals surface area contributed by atoms with E-state index in [-0.39, 0.29) is 0 Å². The Morgan fingerprint density at radius 3 is 2.69 bits per heavy atom. The van der Waals surface area contributed by atoms with Crippen molar-refractivity contribution in [2.75, 3.05) is 7.05 Å². The Morgan fingerprint density at radius 1 is 1.28 bits per heavy atom. The Balaban J connectivity index is 2.60. The molecule has 1 aliphatic rings. The van der Waals surface area contributed by atoms with Crippen molar-refractivity contribution in [3.8, 4) is 0 Å². The highest BCUT2D eigenvalue weighted by molar-refractivity contribution is 6.32. The second kappa shape index (κ2) is 12.9. The van der Waals surface area contributed by atoms with Gasteiger partial charge in [-0.1, -0.05) is 60.7 Å². The molecule has 166 valence electrons. The molecule has 0 aromatic carbocycles. The van der Waals surface area contributed by atoms with E-state index in [0.29, 0.717) is 38.9 Å². The number of halogens is 2. The van der Waals surface area contributed by atoms with Crippen LogP contribution in [0, 0.1) is 0 Å². The van der Waals surface area contributed by atoms with E-state index in [4.69, 9.17) is 23.2 Å². The van der Waals surface area contributed by atoms with Crippen LogP contribution < -0.4 is 0 Å². The number of hydrogen-bond acceptors (Lipinski definition) is 4. The zero-order chi connectivity index (χ0) is 23.5. The van der Waals surface area contributed by atoms with Crippen LogP contribution in [0.1, 0.15) is 24.8 Å². The maximum absolute atomic E-state index is 11.7. The highest BCUT2D eigenvalue weighted by Crippen LogP contribution is 2.34. The first kappa shape index (κ1) is 25.5. The summed E-state index contributed by atoms with van der Waals surface area (Å²) in [6.45, 7) is 9.73. The van der Waals surface area contributed by atoms with E-state index >= 15 is 0 Å². The largest absolute Gasteiger partial charge is 0.387 e. The lowest BCUT2D eigenvalue weighted by Gasteiger charge is -2.27. The third-order valence-electron chi connectivity index (χ3n) is 4.62. The Hall–Kier alpha value is -2.79. The molecule has 2 unspecified atom stereocenters. The lowest BCUT2D eigenvalue weighted by atomic mass is 9.81. The van der Waals surface area contributed by atoms with Crippen molar-refractivity contribution in [2.24, 2.45) is 9.98 Å². The maximum atomic E-state index is 11.7. The topological polar surface area (TPSA) is 57.8 Å². The molecule has 1 aliphatic heterocycles. The molecule has 0 fully saturated rings. The predicted octanol–water partition coefficient (Wildman–Crippen LogP) is 6.45. The lowest BCUT2D eigenvalue weighted by Crippen LogP contribution is -2.27. The molecule has 1 aromatic rings. The molecule has 2 heterocycles. The Labute approximate surface area is 200 Å². The van der Waals surface area contributed by atoms with Gasteiger partial charge in [0.25, 0.3) is 0 Å². The molecular formula is C26H27Cl2N3O. The molecule has 0 aliphatic carbocycles. The zero-order valence-electron chi connectivity index (χ0n) is 18.2. The molecule has 32 heavy (non-hydrogen) atoms. The van der Waals surface area contributed by atoms with Crippen molar-refractivity contribution < 1.29 is 5.11 Å². The van der Waals surface area contributed by atoms with E-state index in [0.717, 1.165) is 5.56 Å². The zero-order valence-corrected chi connectivity index (χ0v) is 19.8. The van der Waals surface area contributed by atoms with Crippen LogP contribution in [-0.2, 0) is 0 Å². The summed E-state index contributed by atoms with van der Waals surface area (Å²) in [5, 5.41) is 12.5. The Kier molecular flexibility index (Phi) is 10.3. The van der Waals surface area contributed by atoms with Gasteiger partial charge in [0.2, 0.25) is 0 Å². The van der Waals surface area contributed by atoms with Crippen LogP contribution in [0.2, 0.25) is 0 Å². The maximum Gasteiger partial charge on any atom is 0.0917 e. The smallest absolute Gasteiger partial charge is 0.0917 e. The summed E-state index contributed by atoms with van der Waals surface area (Å²) in [5.41, 5.74) is 3.39. The molecule has 0 amide bonds. The van der Waals surface area contributed by atoms with Crippen molar-refractivity contribution in [2.45, 2.75) is 25.4 Å². The van der Waals surface area contributed by atoms with Crippen molar-refractivity contribution in [3.63, 3.8) is 0 Å². The number of pyridine rings is 1. The molecule has 0 radical (unpaired) electrons. The molecule has 0 saturated carbocycles. The fourth-order valence-electron chi connectivity index (χ4n) is 3.31. The van der Waals surface area contributed by atoms with Crippen LogP contribution in [0.25, 0.3) is 0 Å². The normalized spacial score (nSPS) is 17.2. The number of hydrogen-bond donors (Lipinski definition) is 1. The summed E-state index contributed by atoms with van der Waals surface area (Å²) in [7, 11) is 1.69. The molecular weight excluding hydrogens is 441 g/mol. The van der Waals surface area contributed by atoms with Crippen molar-refractivity contribution in [3.05, 3.63) is 113 Å². The number of rotatable bonds is 9. The first-order valence-electron chi connectivity index (χ1n) is 10.0. The van der Waals surface area contributed by atoms with Gasteiger partial charge in [0, 0.05) is 59.0 Å². The van der Waals surface area contributed by atoms with Crippen LogP contribution in [0.15, 0.2) is 117 Å². The molecule has 0 spiro atoms. The molecule has 0 saturated heterocycles. The van der Waals surface area contributed by atoms with Gasteiger partial charge >= 0.3 is 0 Å². The second-order valence-corrected chi connectivity index (χ2v) is 8.17. The van der Waals surface area contributed by atoms with Gasteiger partial charge in [-0.05, 0) is 48.8 Å². The summed E-state index contributed by atoms with van der Waals surface area (Å²) >= 11 is 12.3. The van der Waals surface area contributed by atoms with Crippen LogP contribution >= 0.6 is 23.2 Å². The SMILES string of the molecule is C=C(Cl)/C=C(\C=C(/C)Cl)C1=NC=CCC=C1C(O)C(C(=C)/C=C\C=NC)c1cccnc1. The molecule has 0 bridgehead atoms. The van der Waals surface area contributed by atoms with Gasteiger partial charge in [-0.15, -0.1) is 0 Å². The van der Waals surface area contributed by atoms with E-state index in [1.54, 1.807) is 57.0 Å². The van der Waals surface area contributed by atoms with Crippen LogP contribution in [0.4, 0.5) is 0 Å².